The molecule has 3 nitrogen and oxygen atoms in total. The molecule has 0 aliphatic carbocycles. The minimum atomic E-state index is -0.833. The highest BCUT2D eigenvalue weighted by Crippen LogP contribution is 2.18. The highest BCUT2D eigenvalue weighted by atomic mass is 16.4. The van der Waals surface area contributed by atoms with Gasteiger partial charge in [-0.3, -0.25) is 4.79 Å². The van der Waals surface area contributed by atoms with Crippen LogP contribution in [0.2, 0.25) is 0 Å². The maximum absolute atomic E-state index is 9.00. The fourth-order valence-corrected chi connectivity index (χ4v) is 1.69. The van der Waals surface area contributed by atoms with E-state index < -0.39 is 5.97 Å². The maximum Gasteiger partial charge on any atom is 0.300 e. The summed E-state index contributed by atoms with van der Waals surface area (Å²) in [6.07, 6.45) is 1.10. The van der Waals surface area contributed by atoms with Gasteiger partial charge in [0.15, 0.2) is 0 Å². The van der Waals surface area contributed by atoms with Crippen molar-refractivity contribution in [3.63, 3.8) is 0 Å². The highest BCUT2D eigenvalue weighted by Gasteiger charge is 2.01. The van der Waals surface area contributed by atoms with Crippen molar-refractivity contribution in [1.82, 2.24) is 4.57 Å². The van der Waals surface area contributed by atoms with Crippen molar-refractivity contribution in [3.05, 3.63) is 36.0 Å². The molecule has 2 rings (SSSR count). The van der Waals surface area contributed by atoms with Crippen LogP contribution < -0.4 is 0 Å². The third-order valence-corrected chi connectivity index (χ3v) is 2.41. The molecule has 0 aliphatic heterocycles. The molecule has 0 aliphatic rings. The summed E-state index contributed by atoms with van der Waals surface area (Å²) in [7, 11) is 2.13. The molecule has 1 aromatic carbocycles. The summed E-state index contributed by atoms with van der Waals surface area (Å²) in [5, 5.41) is 8.76. The van der Waals surface area contributed by atoms with Gasteiger partial charge in [-0.2, -0.15) is 0 Å². The Balaban J connectivity index is 0.000000280. The number of fused-ring (bicyclic) bond motifs is 1. The fraction of sp³-hybridized carbons (Fsp3) is 0.308. The standard InChI is InChI=1S/C11H13N.C2H4O2/c1-3-10-8-9-6-4-5-7-11(9)12(10)2;1-2(3)4/h4-8H,3H2,1-2H3;1H3,(H,3,4). The molecule has 2 aromatic rings. The van der Waals surface area contributed by atoms with Crippen molar-refractivity contribution < 1.29 is 9.90 Å². The van der Waals surface area contributed by atoms with Gasteiger partial charge in [-0.1, -0.05) is 25.1 Å². The first-order chi connectivity index (χ1) is 7.56. The van der Waals surface area contributed by atoms with Gasteiger partial charge in [0.2, 0.25) is 0 Å². The number of benzene rings is 1. The van der Waals surface area contributed by atoms with E-state index >= 15 is 0 Å². The summed E-state index contributed by atoms with van der Waals surface area (Å²) in [6, 6.07) is 10.8. The Bertz CT molecular complexity index is 482. The second-order valence-corrected chi connectivity index (χ2v) is 3.63. The Morgan fingerprint density at radius 1 is 1.38 bits per heavy atom. The number of carbonyl (C=O) groups is 1. The van der Waals surface area contributed by atoms with Crippen molar-refractivity contribution in [1.29, 1.82) is 0 Å². The van der Waals surface area contributed by atoms with Gasteiger partial charge in [-0.15, -0.1) is 0 Å². The average molecular weight is 219 g/mol. The first kappa shape index (κ1) is 12.3. The molecular weight excluding hydrogens is 202 g/mol. The number of aliphatic carboxylic acids is 1. The van der Waals surface area contributed by atoms with Crippen LogP contribution in [0.3, 0.4) is 0 Å². The lowest BCUT2D eigenvalue weighted by atomic mass is 10.2. The van der Waals surface area contributed by atoms with E-state index in [0.717, 1.165) is 13.3 Å². The van der Waals surface area contributed by atoms with Crippen LogP contribution in [0.15, 0.2) is 30.3 Å². The van der Waals surface area contributed by atoms with Crippen molar-refractivity contribution in [3.8, 4) is 0 Å². The lowest BCUT2D eigenvalue weighted by Gasteiger charge is -1.99. The van der Waals surface area contributed by atoms with Gasteiger partial charge in [0.05, 0.1) is 0 Å². The summed E-state index contributed by atoms with van der Waals surface area (Å²) in [6.45, 7) is 3.27. The second kappa shape index (κ2) is 5.35. The van der Waals surface area contributed by atoms with Crippen LogP contribution in [0, 0.1) is 0 Å². The smallest absolute Gasteiger partial charge is 0.300 e. The van der Waals surface area contributed by atoms with Gasteiger partial charge in [-0.05, 0) is 23.9 Å². The number of aromatic nitrogens is 1. The zero-order valence-electron chi connectivity index (χ0n) is 9.90. The average Bonchev–Trinajstić information content (AvgIpc) is 2.55. The predicted octanol–water partition coefficient (Wildman–Crippen LogP) is 2.83. The number of aryl methyl sites for hydroxylation is 2. The summed E-state index contributed by atoms with van der Waals surface area (Å²) in [5.74, 6) is -0.833. The maximum atomic E-state index is 9.00. The van der Waals surface area contributed by atoms with E-state index in [1.165, 1.54) is 16.6 Å². The van der Waals surface area contributed by atoms with Gasteiger partial charge in [-0.25, -0.2) is 0 Å². The molecule has 0 saturated heterocycles. The minimum absolute atomic E-state index is 0.833. The van der Waals surface area contributed by atoms with Crippen LogP contribution in [0.25, 0.3) is 10.9 Å². The Morgan fingerprint density at radius 3 is 2.44 bits per heavy atom. The molecule has 0 spiro atoms. The van der Waals surface area contributed by atoms with E-state index in [1.807, 2.05) is 0 Å². The van der Waals surface area contributed by atoms with E-state index in [4.69, 9.17) is 9.90 Å². The SMILES string of the molecule is CC(=O)O.CCc1cc2ccccc2n1C. The molecule has 16 heavy (non-hydrogen) atoms. The number of carboxylic acid groups (broad SMARTS) is 1. The Hall–Kier alpha value is -1.77. The fourth-order valence-electron chi connectivity index (χ4n) is 1.69. The highest BCUT2D eigenvalue weighted by molar-refractivity contribution is 5.81. The minimum Gasteiger partial charge on any atom is -0.481 e. The number of rotatable bonds is 1. The molecule has 3 heteroatoms. The number of hydrogen-bond acceptors (Lipinski definition) is 1. The number of nitrogens with zero attached hydrogens (tertiary/aromatic N) is 1. The number of carboxylic acids is 1. The van der Waals surface area contributed by atoms with Crippen molar-refractivity contribution in [2.24, 2.45) is 7.05 Å². The van der Waals surface area contributed by atoms with Gasteiger partial charge in [0.25, 0.3) is 5.97 Å². The molecule has 0 amide bonds. The second-order valence-electron chi connectivity index (χ2n) is 3.63. The van der Waals surface area contributed by atoms with Crippen molar-refractivity contribution >= 4 is 16.9 Å². The zero-order chi connectivity index (χ0) is 12.1. The quantitative estimate of drug-likeness (QED) is 0.801. The molecule has 0 bridgehead atoms. The van der Waals surface area contributed by atoms with Gasteiger partial charge < -0.3 is 9.67 Å². The zero-order valence-corrected chi connectivity index (χ0v) is 9.90. The molecule has 86 valence electrons. The van der Waals surface area contributed by atoms with Gasteiger partial charge >= 0.3 is 0 Å². The molecule has 0 saturated carbocycles. The van der Waals surface area contributed by atoms with Gasteiger partial charge in [0.1, 0.15) is 0 Å². The van der Waals surface area contributed by atoms with E-state index in [9.17, 15) is 0 Å². The normalized spacial score (nSPS) is 9.69. The van der Waals surface area contributed by atoms with E-state index in [-0.39, 0.29) is 0 Å². The molecule has 0 atom stereocenters. The lowest BCUT2D eigenvalue weighted by Crippen LogP contribution is -1.92. The van der Waals surface area contributed by atoms with Crippen LogP contribution in [0.1, 0.15) is 19.5 Å². The number of para-hydroxylation sites is 1. The summed E-state index contributed by atoms with van der Waals surface area (Å²) >= 11 is 0. The summed E-state index contributed by atoms with van der Waals surface area (Å²) < 4.78 is 2.26. The third-order valence-electron chi connectivity index (χ3n) is 2.41. The molecule has 0 radical (unpaired) electrons. The summed E-state index contributed by atoms with van der Waals surface area (Å²) in [5.41, 5.74) is 2.73. The van der Waals surface area contributed by atoms with E-state index in [1.54, 1.807) is 0 Å². The molecule has 1 heterocycles. The lowest BCUT2D eigenvalue weighted by molar-refractivity contribution is -0.134. The van der Waals surface area contributed by atoms with Crippen LogP contribution in [-0.4, -0.2) is 15.6 Å². The first-order valence-electron chi connectivity index (χ1n) is 5.29. The topological polar surface area (TPSA) is 42.2 Å². The predicted molar refractivity (Wildman–Crippen MR) is 65.6 cm³/mol. The largest absolute Gasteiger partial charge is 0.481 e. The van der Waals surface area contributed by atoms with Crippen LogP contribution in [0.5, 0.6) is 0 Å². The first-order valence-corrected chi connectivity index (χ1v) is 5.29. The third kappa shape index (κ3) is 2.86. The molecule has 0 unspecified atom stereocenters. The van der Waals surface area contributed by atoms with Crippen molar-refractivity contribution in [2.75, 3.05) is 0 Å². The number of hydrogen-bond donors (Lipinski definition) is 1. The summed E-state index contributed by atoms with van der Waals surface area (Å²) in [4.78, 5) is 9.00. The van der Waals surface area contributed by atoms with E-state index in [2.05, 4.69) is 48.9 Å². The van der Waals surface area contributed by atoms with Crippen LogP contribution in [-0.2, 0) is 18.3 Å². The van der Waals surface area contributed by atoms with Crippen LogP contribution >= 0.6 is 0 Å². The molecule has 1 aromatic heterocycles. The molecule has 0 fully saturated rings. The Kier molecular flexibility index (Phi) is 4.11. The Labute approximate surface area is 95.3 Å². The monoisotopic (exact) mass is 219 g/mol. The molecule has 1 N–H and O–H groups in total. The molecular formula is C13H17NO2. The van der Waals surface area contributed by atoms with Crippen LogP contribution in [0.4, 0.5) is 0 Å². The Morgan fingerprint density at radius 2 is 1.94 bits per heavy atom. The van der Waals surface area contributed by atoms with Gasteiger partial charge in [0, 0.05) is 25.2 Å². The van der Waals surface area contributed by atoms with E-state index in [0.29, 0.717) is 0 Å². The van der Waals surface area contributed by atoms with Crippen molar-refractivity contribution in [2.45, 2.75) is 20.3 Å².